The summed E-state index contributed by atoms with van der Waals surface area (Å²) in [5.74, 6) is 0.732. The average molecular weight is 318 g/mol. The van der Waals surface area contributed by atoms with Gasteiger partial charge < -0.3 is 10.6 Å². The van der Waals surface area contributed by atoms with E-state index in [1.54, 1.807) is 4.31 Å². The van der Waals surface area contributed by atoms with E-state index in [0.717, 1.165) is 32.4 Å². The van der Waals surface area contributed by atoms with Crippen LogP contribution in [-0.4, -0.2) is 62.9 Å². The molecule has 2 heterocycles. The zero-order valence-electron chi connectivity index (χ0n) is 13.3. The van der Waals surface area contributed by atoms with E-state index in [9.17, 15) is 8.42 Å². The molecular formula is C14H30N4O2S. The Morgan fingerprint density at radius 3 is 2.57 bits per heavy atom. The van der Waals surface area contributed by atoms with Gasteiger partial charge in [0.15, 0.2) is 0 Å². The Hall–Kier alpha value is -0.210. The van der Waals surface area contributed by atoms with Crippen LogP contribution in [0.15, 0.2) is 0 Å². The monoisotopic (exact) mass is 318 g/mol. The largest absolute Gasteiger partial charge is 0.330 e. The molecule has 0 radical (unpaired) electrons. The number of hydrogen-bond donors (Lipinski definition) is 2. The topological polar surface area (TPSA) is 78.7 Å². The lowest BCUT2D eigenvalue weighted by Gasteiger charge is -2.31. The van der Waals surface area contributed by atoms with Crippen molar-refractivity contribution in [2.24, 2.45) is 17.6 Å². The molecule has 0 aromatic carbocycles. The minimum atomic E-state index is -3.34. The van der Waals surface area contributed by atoms with Crippen molar-refractivity contribution in [3.8, 4) is 0 Å². The standard InChI is InChI=1S/C14H30N4O2S/c1-12(2)17-7-5-14(10-17)9-16-21(19,20)18-6-3-4-13(8-15)11-18/h12-14,16H,3-11,15H2,1-2H3. The molecular weight excluding hydrogens is 288 g/mol. The summed E-state index contributed by atoms with van der Waals surface area (Å²) in [5, 5.41) is 0. The van der Waals surface area contributed by atoms with Crippen LogP contribution in [0.5, 0.6) is 0 Å². The van der Waals surface area contributed by atoms with Crippen LogP contribution in [0, 0.1) is 11.8 Å². The van der Waals surface area contributed by atoms with Crippen LogP contribution < -0.4 is 10.5 Å². The molecule has 2 fully saturated rings. The number of nitrogens with zero attached hydrogens (tertiary/aromatic N) is 2. The predicted octanol–water partition coefficient (Wildman–Crippen LogP) is 0.222. The Labute approximate surface area is 129 Å². The minimum Gasteiger partial charge on any atom is -0.330 e. The first-order valence-electron chi connectivity index (χ1n) is 8.11. The van der Waals surface area contributed by atoms with E-state index >= 15 is 0 Å². The highest BCUT2D eigenvalue weighted by atomic mass is 32.2. The Balaban J connectivity index is 1.81. The molecule has 0 aromatic rings. The molecule has 2 saturated heterocycles. The summed E-state index contributed by atoms with van der Waals surface area (Å²) in [4.78, 5) is 2.41. The van der Waals surface area contributed by atoms with Crippen molar-refractivity contribution in [1.82, 2.24) is 13.9 Å². The van der Waals surface area contributed by atoms with Crippen LogP contribution >= 0.6 is 0 Å². The molecule has 2 rings (SSSR count). The second-order valence-corrected chi connectivity index (χ2v) is 8.45. The van der Waals surface area contributed by atoms with Crippen molar-refractivity contribution in [3.05, 3.63) is 0 Å². The van der Waals surface area contributed by atoms with Gasteiger partial charge in [0.2, 0.25) is 0 Å². The molecule has 2 aliphatic rings. The molecule has 0 amide bonds. The van der Waals surface area contributed by atoms with Gasteiger partial charge >= 0.3 is 0 Å². The van der Waals surface area contributed by atoms with Crippen LogP contribution in [0.3, 0.4) is 0 Å². The lowest BCUT2D eigenvalue weighted by atomic mass is 10.0. The van der Waals surface area contributed by atoms with Crippen LogP contribution in [-0.2, 0) is 10.2 Å². The van der Waals surface area contributed by atoms with Gasteiger partial charge in [-0.05, 0) is 58.0 Å². The maximum absolute atomic E-state index is 12.4. The van der Waals surface area contributed by atoms with Crippen LogP contribution in [0.4, 0.5) is 0 Å². The van der Waals surface area contributed by atoms with E-state index in [4.69, 9.17) is 5.73 Å². The molecule has 0 bridgehead atoms. The van der Waals surface area contributed by atoms with Gasteiger partial charge in [-0.3, -0.25) is 0 Å². The van der Waals surface area contributed by atoms with Gasteiger partial charge in [-0.25, -0.2) is 4.72 Å². The quantitative estimate of drug-likeness (QED) is 0.734. The predicted molar refractivity (Wildman–Crippen MR) is 85.1 cm³/mol. The summed E-state index contributed by atoms with van der Waals surface area (Å²) < 4.78 is 29.1. The van der Waals surface area contributed by atoms with Crippen LogP contribution in [0.25, 0.3) is 0 Å². The van der Waals surface area contributed by atoms with Crippen molar-refractivity contribution in [2.45, 2.75) is 39.2 Å². The van der Waals surface area contributed by atoms with E-state index in [1.165, 1.54) is 0 Å². The third-order valence-corrected chi connectivity index (χ3v) is 6.30. The van der Waals surface area contributed by atoms with E-state index < -0.39 is 10.2 Å². The number of rotatable bonds is 6. The maximum Gasteiger partial charge on any atom is 0.279 e. The highest BCUT2D eigenvalue weighted by Crippen LogP contribution is 2.20. The second kappa shape index (κ2) is 7.37. The molecule has 6 nitrogen and oxygen atoms in total. The smallest absolute Gasteiger partial charge is 0.279 e. The number of hydrogen-bond acceptors (Lipinski definition) is 4. The fourth-order valence-electron chi connectivity index (χ4n) is 3.25. The average Bonchev–Trinajstić information content (AvgIpc) is 2.94. The van der Waals surface area contributed by atoms with Gasteiger partial charge in [0, 0.05) is 32.2 Å². The number of nitrogens with two attached hydrogens (primary N) is 1. The SMILES string of the molecule is CC(C)N1CCC(CNS(=O)(=O)N2CCCC(CN)C2)C1. The molecule has 3 N–H and O–H groups in total. The first-order chi connectivity index (χ1) is 9.92. The first-order valence-corrected chi connectivity index (χ1v) is 9.55. The number of piperidine rings is 1. The lowest BCUT2D eigenvalue weighted by molar-refractivity contribution is 0.261. The molecule has 21 heavy (non-hydrogen) atoms. The van der Waals surface area contributed by atoms with Crippen molar-refractivity contribution in [3.63, 3.8) is 0 Å². The molecule has 2 unspecified atom stereocenters. The van der Waals surface area contributed by atoms with E-state index in [1.807, 2.05) is 0 Å². The Kier molecular flexibility index (Phi) is 6.02. The van der Waals surface area contributed by atoms with E-state index in [-0.39, 0.29) is 0 Å². The Morgan fingerprint density at radius 2 is 1.95 bits per heavy atom. The summed E-state index contributed by atoms with van der Waals surface area (Å²) >= 11 is 0. The lowest BCUT2D eigenvalue weighted by Crippen LogP contribution is -2.48. The summed E-state index contributed by atoms with van der Waals surface area (Å²) in [5.41, 5.74) is 5.68. The van der Waals surface area contributed by atoms with Crippen LogP contribution in [0.2, 0.25) is 0 Å². The number of likely N-dealkylation sites (tertiary alicyclic amines) is 1. The molecule has 0 saturated carbocycles. The molecule has 0 aromatic heterocycles. The second-order valence-electron chi connectivity index (χ2n) is 6.70. The molecule has 0 spiro atoms. The summed E-state index contributed by atoms with van der Waals surface area (Å²) in [7, 11) is -3.34. The Morgan fingerprint density at radius 1 is 1.19 bits per heavy atom. The van der Waals surface area contributed by atoms with Crippen molar-refractivity contribution < 1.29 is 8.42 Å². The fourth-order valence-corrected chi connectivity index (χ4v) is 4.66. The van der Waals surface area contributed by atoms with Crippen molar-refractivity contribution >= 4 is 10.2 Å². The molecule has 2 atom stereocenters. The Bertz CT molecular complexity index is 427. The van der Waals surface area contributed by atoms with Crippen molar-refractivity contribution in [2.75, 3.05) is 39.3 Å². The fraction of sp³-hybridized carbons (Fsp3) is 1.00. The van der Waals surface area contributed by atoms with Crippen molar-refractivity contribution in [1.29, 1.82) is 0 Å². The zero-order chi connectivity index (χ0) is 15.5. The minimum absolute atomic E-state index is 0.304. The van der Waals surface area contributed by atoms with Gasteiger partial charge in [0.1, 0.15) is 0 Å². The van der Waals surface area contributed by atoms with Crippen LogP contribution in [0.1, 0.15) is 33.1 Å². The zero-order valence-corrected chi connectivity index (χ0v) is 14.1. The van der Waals surface area contributed by atoms with Gasteiger partial charge in [-0.1, -0.05) is 0 Å². The summed E-state index contributed by atoms with van der Waals surface area (Å²) in [6.07, 6.45) is 3.02. The third-order valence-electron chi connectivity index (χ3n) is 4.76. The summed E-state index contributed by atoms with van der Waals surface area (Å²) in [6, 6.07) is 0.541. The van der Waals surface area contributed by atoms with E-state index in [2.05, 4.69) is 23.5 Å². The molecule has 0 aliphatic carbocycles. The van der Waals surface area contributed by atoms with Gasteiger partial charge in [0.05, 0.1) is 0 Å². The maximum atomic E-state index is 12.4. The van der Waals surface area contributed by atoms with E-state index in [0.29, 0.717) is 44.1 Å². The van der Waals surface area contributed by atoms with Gasteiger partial charge in [0.25, 0.3) is 10.2 Å². The first kappa shape index (κ1) is 17.1. The molecule has 124 valence electrons. The summed E-state index contributed by atoms with van der Waals surface area (Å²) in [6.45, 7) is 8.74. The normalized spacial score (nSPS) is 29.3. The highest BCUT2D eigenvalue weighted by Gasteiger charge is 2.30. The highest BCUT2D eigenvalue weighted by molar-refractivity contribution is 7.87. The number of nitrogens with one attached hydrogen (secondary N) is 1. The molecule has 7 heteroatoms. The van der Waals surface area contributed by atoms with Gasteiger partial charge in [-0.15, -0.1) is 0 Å². The molecule has 2 aliphatic heterocycles. The van der Waals surface area contributed by atoms with Gasteiger partial charge in [-0.2, -0.15) is 12.7 Å². The third kappa shape index (κ3) is 4.63.